The molecule has 2 atom stereocenters. The number of carboxylic acids is 1. The molecular weight excluding hydrogens is 484 g/mol. The summed E-state index contributed by atoms with van der Waals surface area (Å²) in [6.07, 6.45) is 1.90. The SMILES string of the molecule is Nc1ccccc1NC(=O)c1ccc(NC(=O)OCc2ccc(C3C[C@@H]3NCC3(C(=O)O)CC3)cc2)cc1. The van der Waals surface area contributed by atoms with Gasteiger partial charge in [0.1, 0.15) is 6.61 Å². The second-order valence-electron chi connectivity index (χ2n) is 9.98. The smallest absolute Gasteiger partial charge is 0.411 e. The number of carboxylic acid groups (broad SMARTS) is 1. The van der Waals surface area contributed by atoms with Gasteiger partial charge in [0.05, 0.1) is 16.8 Å². The molecule has 1 unspecified atom stereocenters. The Morgan fingerprint density at radius 2 is 1.66 bits per heavy atom. The number of rotatable bonds is 10. The van der Waals surface area contributed by atoms with Crippen LogP contribution in [0.3, 0.4) is 0 Å². The molecule has 0 aliphatic heterocycles. The normalized spacial score (nSPS) is 18.7. The molecule has 0 bridgehead atoms. The number of nitrogens with two attached hydrogens (primary N) is 1. The quantitative estimate of drug-likeness (QED) is 0.249. The van der Waals surface area contributed by atoms with E-state index in [1.165, 1.54) is 5.56 Å². The molecule has 0 saturated heterocycles. The molecule has 3 aromatic carbocycles. The predicted octanol–water partition coefficient (Wildman–Crippen LogP) is 4.58. The Balaban J connectivity index is 1.05. The molecule has 2 saturated carbocycles. The van der Waals surface area contributed by atoms with E-state index in [2.05, 4.69) is 16.0 Å². The number of para-hydroxylation sites is 2. The lowest BCUT2D eigenvalue weighted by atomic mass is 10.1. The van der Waals surface area contributed by atoms with E-state index in [-0.39, 0.29) is 12.5 Å². The molecular formula is C29H30N4O5. The van der Waals surface area contributed by atoms with E-state index >= 15 is 0 Å². The van der Waals surface area contributed by atoms with Crippen LogP contribution < -0.4 is 21.7 Å². The van der Waals surface area contributed by atoms with Crippen LogP contribution in [0.5, 0.6) is 0 Å². The van der Waals surface area contributed by atoms with Crippen molar-refractivity contribution in [3.63, 3.8) is 0 Å². The minimum absolute atomic E-state index is 0.124. The maximum Gasteiger partial charge on any atom is 0.411 e. The summed E-state index contributed by atoms with van der Waals surface area (Å²) in [6, 6.07) is 21.7. The van der Waals surface area contributed by atoms with Crippen LogP contribution in [0.25, 0.3) is 0 Å². The van der Waals surface area contributed by atoms with Crippen molar-refractivity contribution in [2.24, 2.45) is 5.41 Å². The third-order valence-corrected chi connectivity index (χ3v) is 7.18. The molecule has 0 heterocycles. The number of aliphatic carboxylic acids is 1. The number of nitrogen functional groups attached to an aromatic ring is 1. The molecule has 196 valence electrons. The van der Waals surface area contributed by atoms with E-state index in [4.69, 9.17) is 10.5 Å². The minimum Gasteiger partial charge on any atom is -0.481 e. The van der Waals surface area contributed by atoms with E-state index in [0.29, 0.717) is 41.1 Å². The first-order valence-electron chi connectivity index (χ1n) is 12.6. The molecule has 2 amide bonds. The van der Waals surface area contributed by atoms with Gasteiger partial charge >= 0.3 is 12.1 Å². The van der Waals surface area contributed by atoms with Gasteiger partial charge in [-0.15, -0.1) is 0 Å². The Hall–Kier alpha value is -4.37. The largest absolute Gasteiger partial charge is 0.481 e. The van der Waals surface area contributed by atoms with E-state index in [1.807, 2.05) is 24.3 Å². The predicted molar refractivity (Wildman–Crippen MR) is 144 cm³/mol. The molecule has 0 aromatic heterocycles. The van der Waals surface area contributed by atoms with Crippen LogP contribution in [0, 0.1) is 5.41 Å². The van der Waals surface area contributed by atoms with Crippen LogP contribution in [0.2, 0.25) is 0 Å². The number of hydrogen-bond donors (Lipinski definition) is 5. The van der Waals surface area contributed by atoms with Crippen molar-refractivity contribution in [3.05, 3.63) is 89.5 Å². The first-order valence-corrected chi connectivity index (χ1v) is 12.6. The van der Waals surface area contributed by atoms with Crippen molar-refractivity contribution in [2.75, 3.05) is 22.9 Å². The summed E-state index contributed by atoms with van der Waals surface area (Å²) in [6.45, 7) is 0.655. The molecule has 2 fully saturated rings. The Bertz CT molecular complexity index is 1340. The van der Waals surface area contributed by atoms with Crippen LogP contribution in [0.1, 0.15) is 46.7 Å². The van der Waals surface area contributed by atoms with Gasteiger partial charge in [0.25, 0.3) is 5.91 Å². The highest BCUT2D eigenvalue weighted by Gasteiger charge is 2.51. The average Bonchev–Trinajstić information content (AvgIpc) is 3.84. The van der Waals surface area contributed by atoms with Crippen LogP contribution in [-0.2, 0) is 16.1 Å². The summed E-state index contributed by atoms with van der Waals surface area (Å²) < 4.78 is 5.33. The monoisotopic (exact) mass is 514 g/mol. The summed E-state index contributed by atoms with van der Waals surface area (Å²) in [5.74, 6) is -0.626. The molecule has 3 aromatic rings. The van der Waals surface area contributed by atoms with Gasteiger partial charge in [0, 0.05) is 29.8 Å². The summed E-state index contributed by atoms with van der Waals surface area (Å²) in [5, 5.41) is 18.1. The van der Waals surface area contributed by atoms with Crippen molar-refractivity contribution in [3.8, 4) is 0 Å². The maximum absolute atomic E-state index is 12.4. The number of amides is 2. The summed E-state index contributed by atoms with van der Waals surface area (Å²) in [7, 11) is 0. The van der Waals surface area contributed by atoms with Crippen molar-refractivity contribution in [1.82, 2.24) is 5.32 Å². The Kier molecular flexibility index (Phi) is 7.02. The van der Waals surface area contributed by atoms with Gasteiger partial charge in [0.2, 0.25) is 0 Å². The van der Waals surface area contributed by atoms with E-state index in [9.17, 15) is 19.5 Å². The Morgan fingerprint density at radius 1 is 0.947 bits per heavy atom. The molecule has 0 spiro atoms. The highest BCUT2D eigenvalue weighted by molar-refractivity contribution is 6.06. The molecule has 2 aliphatic carbocycles. The van der Waals surface area contributed by atoms with Gasteiger partial charge in [-0.25, -0.2) is 4.79 Å². The Labute approximate surface area is 220 Å². The van der Waals surface area contributed by atoms with Gasteiger partial charge in [-0.05, 0) is 66.8 Å². The number of benzene rings is 3. The number of hydrogen-bond acceptors (Lipinski definition) is 6. The standard InChI is InChI=1S/C29H30N4O5/c30-23-3-1-2-4-24(23)33-26(34)20-9-11-21(12-10-20)32-28(37)38-16-18-5-7-19(8-6-18)22-15-25(22)31-17-29(13-14-29)27(35)36/h1-12,22,25,31H,13-17,30H2,(H,32,37)(H,33,34)(H,35,36)/t22?,25-/m0/s1. The molecule has 0 radical (unpaired) electrons. The molecule has 5 rings (SSSR count). The second kappa shape index (κ2) is 10.5. The van der Waals surface area contributed by atoms with E-state index in [0.717, 1.165) is 24.8 Å². The first-order chi connectivity index (χ1) is 18.3. The average molecular weight is 515 g/mol. The van der Waals surface area contributed by atoms with Gasteiger partial charge in [-0.2, -0.15) is 0 Å². The number of ether oxygens (including phenoxy) is 1. The van der Waals surface area contributed by atoms with E-state index in [1.54, 1.807) is 48.5 Å². The molecule has 38 heavy (non-hydrogen) atoms. The summed E-state index contributed by atoms with van der Waals surface area (Å²) in [5.41, 5.74) is 9.31. The van der Waals surface area contributed by atoms with Crippen molar-refractivity contribution < 1.29 is 24.2 Å². The fourth-order valence-electron chi connectivity index (χ4n) is 4.41. The number of nitrogens with one attached hydrogen (secondary N) is 3. The Morgan fingerprint density at radius 3 is 2.32 bits per heavy atom. The van der Waals surface area contributed by atoms with Gasteiger partial charge in [-0.1, -0.05) is 36.4 Å². The van der Waals surface area contributed by atoms with Crippen LogP contribution in [0.15, 0.2) is 72.8 Å². The minimum atomic E-state index is -0.704. The van der Waals surface area contributed by atoms with Crippen LogP contribution in [-0.4, -0.2) is 35.7 Å². The lowest BCUT2D eigenvalue weighted by Gasteiger charge is -2.11. The zero-order valence-corrected chi connectivity index (χ0v) is 20.8. The van der Waals surface area contributed by atoms with Crippen LogP contribution >= 0.6 is 0 Å². The first kappa shape index (κ1) is 25.3. The number of carbonyl (C=O) groups is 3. The molecule has 9 nitrogen and oxygen atoms in total. The topological polar surface area (TPSA) is 143 Å². The molecule has 2 aliphatic rings. The maximum atomic E-state index is 12.4. The zero-order valence-electron chi connectivity index (χ0n) is 20.8. The van der Waals surface area contributed by atoms with Crippen molar-refractivity contribution in [1.29, 1.82) is 0 Å². The highest BCUT2D eigenvalue weighted by Crippen LogP contribution is 2.47. The third kappa shape index (κ3) is 5.95. The van der Waals surface area contributed by atoms with E-state index < -0.39 is 17.5 Å². The fraction of sp³-hybridized carbons (Fsp3) is 0.276. The zero-order chi connectivity index (χ0) is 26.7. The van der Waals surface area contributed by atoms with Crippen molar-refractivity contribution in [2.45, 2.75) is 37.8 Å². The molecule has 9 heteroatoms. The number of carbonyl (C=O) groups excluding carboxylic acids is 2. The van der Waals surface area contributed by atoms with Gasteiger partial charge in [-0.3, -0.25) is 14.9 Å². The van der Waals surface area contributed by atoms with Gasteiger partial charge in [0.15, 0.2) is 0 Å². The molecule has 6 N–H and O–H groups in total. The number of anilines is 3. The second-order valence-corrected chi connectivity index (χ2v) is 9.98. The third-order valence-electron chi connectivity index (χ3n) is 7.18. The van der Waals surface area contributed by atoms with Crippen molar-refractivity contribution >= 4 is 35.0 Å². The fourth-order valence-corrected chi connectivity index (χ4v) is 4.41. The highest BCUT2D eigenvalue weighted by atomic mass is 16.5. The van der Waals surface area contributed by atoms with Gasteiger partial charge < -0.3 is 26.2 Å². The summed E-state index contributed by atoms with van der Waals surface area (Å²) in [4.78, 5) is 36.0. The summed E-state index contributed by atoms with van der Waals surface area (Å²) >= 11 is 0. The lowest BCUT2D eigenvalue weighted by molar-refractivity contribution is -0.143. The van der Waals surface area contributed by atoms with Crippen LogP contribution in [0.4, 0.5) is 21.9 Å². The lowest BCUT2D eigenvalue weighted by Crippen LogP contribution is -2.31.